The van der Waals surface area contributed by atoms with Gasteiger partial charge in [-0.1, -0.05) is 5.16 Å². The van der Waals surface area contributed by atoms with Crippen molar-refractivity contribution >= 4 is 11.6 Å². The largest absolute Gasteiger partial charge is 0.368 e. The molecule has 128 valence electrons. The second-order valence-corrected chi connectivity index (χ2v) is 6.15. The van der Waals surface area contributed by atoms with E-state index in [4.69, 9.17) is 4.52 Å². The molecule has 0 radical (unpaired) electrons. The highest BCUT2D eigenvalue weighted by atomic mass is 19.1. The van der Waals surface area contributed by atoms with Crippen LogP contribution in [-0.2, 0) is 11.2 Å². The molecule has 1 saturated heterocycles. The number of nitrogens with zero attached hydrogens (tertiary/aromatic N) is 3. The lowest BCUT2D eigenvalue weighted by molar-refractivity contribution is -0.131. The molecule has 0 atom stereocenters. The van der Waals surface area contributed by atoms with Crippen molar-refractivity contribution in [2.75, 3.05) is 31.1 Å². The molecular formula is C18H22FN3O2. The Morgan fingerprint density at radius 1 is 1.17 bits per heavy atom. The molecule has 2 heterocycles. The van der Waals surface area contributed by atoms with E-state index in [-0.39, 0.29) is 11.7 Å². The highest BCUT2D eigenvalue weighted by molar-refractivity contribution is 5.77. The van der Waals surface area contributed by atoms with E-state index in [0.717, 1.165) is 35.8 Å². The minimum atomic E-state index is -0.230. The lowest BCUT2D eigenvalue weighted by Gasteiger charge is -2.36. The van der Waals surface area contributed by atoms with Crippen molar-refractivity contribution in [3.05, 3.63) is 47.1 Å². The maximum absolute atomic E-state index is 13.0. The molecule has 1 aromatic carbocycles. The van der Waals surface area contributed by atoms with Crippen molar-refractivity contribution in [3.63, 3.8) is 0 Å². The van der Waals surface area contributed by atoms with Crippen LogP contribution in [0.5, 0.6) is 0 Å². The van der Waals surface area contributed by atoms with Crippen LogP contribution < -0.4 is 4.90 Å². The molecule has 1 aliphatic heterocycles. The number of amides is 1. The number of carbonyl (C=O) groups is 1. The van der Waals surface area contributed by atoms with Gasteiger partial charge in [-0.3, -0.25) is 4.79 Å². The highest BCUT2D eigenvalue weighted by Crippen LogP contribution is 2.18. The molecular weight excluding hydrogens is 309 g/mol. The van der Waals surface area contributed by atoms with Gasteiger partial charge in [0.25, 0.3) is 0 Å². The fourth-order valence-electron chi connectivity index (χ4n) is 3.11. The average Bonchev–Trinajstić information content (AvgIpc) is 2.92. The number of aromatic nitrogens is 1. The topological polar surface area (TPSA) is 49.6 Å². The molecule has 0 spiro atoms. The fourth-order valence-corrected chi connectivity index (χ4v) is 3.11. The molecule has 0 saturated carbocycles. The normalized spacial score (nSPS) is 15.0. The number of anilines is 1. The predicted molar refractivity (Wildman–Crippen MR) is 89.5 cm³/mol. The van der Waals surface area contributed by atoms with Gasteiger partial charge in [0.1, 0.15) is 11.6 Å². The third-order valence-corrected chi connectivity index (χ3v) is 4.59. The lowest BCUT2D eigenvalue weighted by atomic mass is 10.1. The van der Waals surface area contributed by atoms with E-state index in [2.05, 4.69) is 10.1 Å². The van der Waals surface area contributed by atoms with Crippen LogP contribution in [0.25, 0.3) is 0 Å². The summed E-state index contributed by atoms with van der Waals surface area (Å²) in [6.45, 7) is 6.69. The van der Waals surface area contributed by atoms with Crippen molar-refractivity contribution < 1.29 is 13.7 Å². The van der Waals surface area contributed by atoms with Crippen LogP contribution in [0.3, 0.4) is 0 Å². The Balaban J connectivity index is 1.51. The lowest BCUT2D eigenvalue weighted by Crippen LogP contribution is -2.48. The van der Waals surface area contributed by atoms with Crippen molar-refractivity contribution in [1.82, 2.24) is 10.1 Å². The summed E-state index contributed by atoms with van der Waals surface area (Å²) in [6.07, 6.45) is 1.14. The molecule has 1 aromatic heterocycles. The van der Waals surface area contributed by atoms with E-state index in [1.807, 2.05) is 18.7 Å². The fraction of sp³-hybridized carbons (Fsp3) is 0.444. The Hall–Kier alpha value is -2.37. The molecule has 1 aliphatic rings. The number of rotatable bonds is 4. The molecule has 0 unspecified atom stereocenters. The van der Waals surface area contributed by atoms with Crippen LogP contribution in [0.15, 0.2) is 28.8 Å². The van der Waals surface area contributed by atoms with Gasteiger partial charge in [0, 0.05) is 43.9 Å². The Morgan fingerprint density at radius 3 is 2.42 bits per heavy atom. The first-order valence-corrected chi connectivity index (χ1v) is 8.24. The van der Waals surface area contributed by atoms with Gasteiger partial charge < -0.3 is 14.3 Å². The van der Waals surface area contributed by atoms with Crippen molar-refractivity contribution in [1.29, 1.82) is 0 Å². The molecule has 0 bridgehead atoms. The van der Waals surface area contributed by atoms with Crippen molar-refractivity contribution in [2.45, 2.75) is 26.7 Å². The van der Waals surface area contributed by atoms with Crippen molar-refractivity contribution in [2.24, 2.45) is 0 Å². The van der Waals surface area contributed by atoms with Gasteiger partial charge in [0.05, 0.1) is 5.69 Å². The molecule has 3 rings (SSSR count). The number of benzene rings is 1. The number of hydrogen-bond donors (Lipinski definition) is 0. The van der Waals surface area contributed by atoms with Crippen LogP contribution in [-0.4, -0.2) is 42.1 Å². The third-order valence-electron chi connectivity index (χ3n) is 4.59. The van der Waals surface area contributed by atoms with E-state index < -0.39 is 0 Å². The average molecular weight is 331 g/mol. The summed E-state index contributed by atoms with van der Waals surface area (Å²) in [5.74, 6) is 0.724. The molecule has 5 nitrogen and oxygen atoms in total. The highest BCUT2D eigenvalue weighted by Gasteiger charge is 2.22. The zero-order chi connectivity index (χ0) is 17.1. The molecule has 0 aliphatic carbocycles. The van der Waals surface area contributed by atoms with Crippen LogP contribution in [0.4, 0.5) is 10.1 Å². The van der Waals surface area contributed by atoms with Crippen LogP contribution >= 0.6 is 0 Å². The van der Waals surface area contributed by atoms with Gasteiger partial charge in [-0.2, -0.15) is 0 Å². The SMILES string of the molecule is Cc1noc(C)c1CCC(=O)N1CCN(c2ccc(F)cc2)CC1. The predicted octanol–water partition coefficient (Wildman–Crippen LogP) is 2.71. The number of piperazine rings is 1. The van der Waals surface area contributed by atoms with Gasteiger partial charge in [-0.15, -0.1) is 0 Å². The first-order valence-electron chi connectivity index (χ1n) is 8.24. The molecule has 24 heavy (non-hydrogen) atoms. The minimum absolute atomic E-state index is 0.161. The maximum Gasteiger partial charge on any atom is 0.223 e. The number of hydrogen-bond acceptors (Lipinski definition) is 4. The van der Waals surface area contributed by atoms with Crippen LogP contribution in [0, 0.1) is 19.7 Å². The van der Waals surface area contributed by atoms with Crippen LogP contribution in [0.1, 0.15) is 23.4 Å². The van der Waals surface area contributed by atoms with E-state index in [9.17, 15) is 9.18 Å². The Labute approximate surface area is 141 Å². The van der Waals surface area contributed by atoms with E-state index in [0.29, 0.717) is 25.9 Å². The summed E-state index contributed by atoms with van der Waals surface area (Å²) < 4.78 is 18.1. The summed E-state index contributed by atoms with van der Waals surface area (Å²) in [4.78, 5) is 16.5. The summed E-state index contributed by atoms with van der Waals surface area (Å²) >= 11 is 0. The molecule has 1 amide bonds. The van der Waals surface area contributed by atoms with Gasteiger partial charge in [0.15, 0.2) is 0 Å². The third kappa shape index (κ3) is 3.58. The molecule has 0 N–H and O–H groups in total. The quantitative estimate of drug-likeness (QED) is 0.864. The first-order chi connectivity index (χ1) is 11.5. The van der Waals surface area contributed by atoms with E-state index in [1.165, 1.54) is 12.1 Å². The monoisotopic (exact) mass is 331 g/mol. The molecule has 1 fully saturated rings. The van der Waals surface area contributed by atoms with E-state index in [1.54, 1.807) is 12.1 Å². The first kappa shape index (κ1) is 16.5. The molecule has 2 aromatic rings. The maximum atomic E-state index is 13.0. The second kappa shape index (κ2) is 7.03. The Bertz CT molecular complexity index is 684. The zero-order valence-electron chi connectivity index (χ0n) is 14.1. The Morgan fingerprint density at radius 2 is 1.83 bits per heavy atom. The number of carbonyl (C=O) groups excluding carboxylic acids is 1. The molecule has 6 heteroatoms. The smallest absolute Gasteiger partial charge is 0.223 e. The summed E-state index contributed by atoms with van der Waals surface area (Å²) in [7, 11) is 0. The van der Waals surface area contributed by atoms with Crippen LogP contribution in [0.2, 0.25) is 0 Å². The summed E-state index contributed by atoms with van der Waals surface area (Å²) in [5.41, 5.74) is 2.90. The Kier molecular flexibility index (Phi) is 4.83. The zero-order valence-corrected chi connectivity index (χ0v) is 14.1. The number of halogens is 1. The standard InChI is InChI=1S/C18H22FN3O2/c1-13-17(14(2)24-20-13)7-8-18(23)22-11-9-21(10-12-22)16-5-3-15(19)4-6-16/h3-6H,7-12H2,1-2H3. The van der Waals surface area contributed by atoms with Crippen molar-refractivity contribution in [3.8, 4) is 0 Å². The van der Waals surface area contributed by atoms with Gasteiger partial charge in [-0.05, 0) is 44.5 Å². The van der Waals surface area contributed by atoms with E-state index >= 15 is 0 Å². The summed E-state index contributed by atoms with van der Waals surface area (Å²) in [5, 5.41) is 3.92. The summed E-state index contributed by atoms with van der Waals surface area (Å²) in [6, 6.07) is 6.50. The van der Waals surface area contributed by atoms with Gasteiger partial charge >= 0.3 is 0 Å². The van der Waals surface area contributed by atoms with Gasteiger partial charge in [-0.25, -0.2) is 4.39 Å². The minimum Gasteiger partial charge on any atom is -0.368 e. The van der Waals surface area contributed by atoms with Gasteiger partial charge in [0.2, 0.25) is 5.91 Å². The second-order valence-electron chi connectivity index (χ2n) is 6.15. The number of aryl methyl sites for hydroxylation is 2.